The van der Waals surface area contributed by atoms with Gasteiger partial charge in [-0.25, -0.2) is 17.4 Å². The summed E-state index contributed by atoms with van der Waals surface area (Å²) in [6.45, 7) is 1.87. The van der Waals surface area contributed by atoms with E-state index in [9.17, 15) is 13.2 Å². The Morgan fingerprint density at radius 2 is 2.22 bits per heavy atom. The molecule has 0 bridgehead atoms. The van der Waals surface area contributed by atoms with Crippen LogP contribution in [0, 0.1) is 0 Å². The zero-order chi connectivity index (χ0) is 19.4. The molecule has 1 N–H and O–H groups in total. The van der Waals surface area contributed by atoms with E-state index in [2.05, 4.69) is 15.6 Å². The summed E-state index contributed by atoms with van der Waals surface area (Å²) in [5.74, 6) is -0.00529. The number of rotatable bonds is 8. The van der Waals surface area contributed by atoms with Gasteiger partial charge in [0, 0.05) is 40.2 Å². The fourth-order valence-electron chi connectivity index (χ4n) is 3.00. The van der Waals surface area contributed by atoms with Gasteiger partial charge in [0.1, 0.15) is 5.52 Å². The second-order valence-electron chi connectivity index (χ2n) is 6.79. The fourth-order valence-corrected chi connectivity index (χ4v) is 3.92. The number of benzene rings is 1. The van der Waals surface area contributed by atoms with Crippen molar-refractivity contribution in [1.82, 2.24) is 24.6 Å². The van der Waals surface area contributed by atoms with E-state index in [1.165, 1.54) is 20.2 Å². The Morgan fingerprint density at radius 3 is 2.93 bits per heavy atom. The van der Waals surface area contributed by atoms with Gasteiger partial charge in [-0.15, -0.1) is 5.10 Å². The highest BCUT2D eigenvalue weighted by atomic mass is 32.2. The lowest BCUT2D eigenvalue weighted by molar-refractivity contribution is -0.121. The molecule has 1 aromatic carbocycles. The first-order valence-corrected chi connectivity index (χ1v) is 10.5. The average Bonchev–Trinajstić information content (AvgIpc) is 3.29. The molecule has 0 unspecified atom stereocenters. The van der Waals surface area contributed by atoms with Crippen molar-refractivity contribution in [2.45, 2.75) is 43.2 Å². The Morgan fingerprint density at radius 1 is 1.41 bits per heavy atom. The molecule has 0 saturated carbocycles. The number of hydrogen-bond acceptors (Lipinski definition) is 6. The minimum atomic E-state index is -3.51. The molecular formula is C17H25N5O4S. The molecule has 9 nitrogen and oxygen atoms in total. The van der Waals surface area contributed by atoms with Crippen LogP contribution in [0.5, 0.6) is 0 Å². The van der Waals surface area contributed by atoms with E-state index >= 15 is 0 Å². The third kappa shape index (κ3) is 4.63. The number of nitrogens with one attached hydrogen (secondary N) is 1. The monoisotopic (exact) mass is 395 g/mol. The van der Waals surface area contributed by atoms with Crippen LogP contribution in [0.3, 0.4) is 0 Å². The van der Waals surface area contributed by atoms with Gasteiger partial charge in [-0.2, -0.15) is 0 Å². The van der Waals surface area contributed by atoms with Gasteiger partial charge in [-0.3, -0.25) is 4.79 Å². The number of hydrogen-bond donors (Lipinski definition) is 1. The molecule has 1 aliphatic rings. The van der Waals surface area contributed by atoms with Gasteiger partial charge < -0.3 is 10.1 Å². The number of carbonyl (C=O) groups excluding carboxylic acids is 1. The van der Waals surface area contributed by atoms with Crippen molar-refractivity contribution in [2.24, 2.45) is 0 Å². The molecule has 1 aromatic heterocycles. The molecule has 148 valence electrons. The minimum Gasteiger partial charge on any atom is -0.376 e. The number of ether oxygens (including phenoxy) is 1. The maximum atomic E-state index is 12.2. The summed E-state index contributed by atoms with van der Waals surface area (Å²) >= 11 is 0. The number of carbonyl (C=O) groups is 1. The van der Waals surface area contributed by atoms with Crippen LogP contribution in [0.2, 0.25) is 0 Å². The van der Waals surface area contributed by atoms with Crippen LogP contribution < -0.4 is 5.32 Å². The molecule has 1 aliphatic heterocycles. The lowest BCUT2D eigenvalue weighted by Crippen LogP contribution is -2.31. The third-order valence-corrected chi connectivity index (χ3v) is 6.40. The van der Waals surface area contributed by atoms with Crippen molar-refractivity contribution in [1.29, 1.82) is 0 Å². The van der Waals surface area contributed by atoms with Crippen molar-refractivity contribution in [3.8, 4) is 0 Å². The van der Waals surface area contributed by atoms with Gasteiger partial charge in [0.15, 0.2) is 0 Å². The zero-order valence-corrected chi connectivity index (χ0v) is 16.4. The van der Waals surface area contributed by atoms with E-state index in [1.807, 2.05) is 0 Å². The predicted octanol–water partition coefficient (Wildman–Crippen LogP) is 0.757. The van der Waals surface area contributed by atoms with Crippen molar-refractivity contribution in [3.05, 3.63) is 18.2 Å². The summed E-state index contributed by atoms with van der Waals surface area (Å²) in [5, 5.41) is 11.0. The second kappa shape index (κ2) is 8.32. The normalized spacial score (nSPS) is 17.7. The van der Waals surface area contributed by atoms with Gasteiger partial charge >= 0.3 is 0 Å². The highest BCUT2D eigenvalue weighted by molar-refractivity contribution is 7.89. The molecule has 1 amide bonds. The maximum absolute atomic E-state index is 12.2. The molecular weight excluding hydrogens is 370 g/mol. The summed E-state index contributed by atoms with van der Waals surface area (Å²) in [7, 11) is -0.535. The quantitative estimate of drug-likeness (QED) is 0.707. The summed E-state index contributed by atoms with van der Waals surface area (Å²) in [5.41, 5.74) is 1.26. The van der Waals surface area contributed by atoms with Gasteiger partial charge in [-0.1, -0.05) is 5.21 Å². The number of nitrogens with zero attached hydrogens (tertiary/aromatic N) is 4. The Kier molecular flexibility index (Phi) is 6.08. The first-order valence-electron chi connectivity index (χ1n) is 9.02. The van der Waals surface area contributed by atoms with Gasteiger partial charge in [0.25, 0.3) is 0 Å². The number of aromatic nitrogens is 3. The van der Waals surface area contributed by atoms with Crippen LogP contribution in [-0.4, -0.2) is 67.0 Å². The van der Waals surface area contributed by atoms with Crippen LogP contribution in [0.15, 0.2) is 23.1 Å². The van der Waals surface area contributed by atoms with Crippen molar-refractivity contribution in [2.75, 3.05) is 27.2 Å². The molecule has 3 rings (SSSR count). The van der Waals surface area contributed by atoms with Crippen LogP contribution in [0.1, 0.15) is 25.7 Å². The number of amides is 1. The summed E-state index contributed by atoms with van der Waals surface area (Å²) in [6.07, 6.45) is 3.20. The van der Waals surface area contributed by atoms with Crippen molar-refractivity contribution in [3.63, 3.8) is 0 Å². The number of fused-ring (bicyclic) bond motifs is 1. The molecule has 2 heterocycles. The Hall–Kier alpha value is -2.04. The Balaban J connectivity index is 1.55. The Labute approximate surface area is 158 Å². The molecule has 0 radical (unpaired) electrons. The first-order chi connectivity index (χ1) is 12.9. The standard InChI is InChI=1S/C17H25N5O4S/c1-21(2)27(24,25)14-7-8-16-15(11-14)19-20-22(16)9-3-6-17(23)18-12-13-5-4-10-26-13/h7-8,11,13H,3-6,9-10,12H2,1-2H3,(H,18,23)/t13-/m1/s1. The van der Waals surface area contributed by atoms with Crippen molar-refractivity contribution < 1.29 is 17.9 Å². The highest BCUT2D eigenvalue weighted by Crippen LogP contribution is 2.19. The lowest BCUT2D eigenvalue weighted by Gasteiger charge is -2.11. The topological polar surface area (TPSA) is 106 Å². The molecule has 10 heteroatoms. The molecule has 1 saturated heterocycles. The first kappa shape index (κ1) is 19.7. The SMILES string of the molecule is CN(C)S(=O)(=O)c1ccc2c(c1)nnn2CCCC(=O)NC[C@H]1CCCO1. The summed E-state index contributed by atoms with van der Waals surface area (Å²) in [6, 6.07) is 4.76. The van der Waals surface area contributed by atoms with Crippen LogP contribution in [-0.2, 0) is 26.1 Å². The zero-order valence-electron chi connectivity index (χ0n) is 15.6. The second-order valence-corrected chi connectivity index (χ2v) is 8.95. The van der Waals surface area contributed by atoms with Crippen LogP contribution in [0.4, 0.5) is 0 Å². The van der Waals surface area contributed by atoms with E-state index < -0.39 is 10.0 Å². The Bertz CT molecular complexity index is 903. The number of sulfonamides is 1. The molecule has 1 fully saturated rings. The molecule has 0 spiro atoms. The lowest BCUT2D eigenvalue weighted by atomic mass is 10.2. The van der Waals surface area contributed by atoms with Gasteiger partial charge in [0.2, 0.25) is 15.9 Å². The van der Waals surface area contributed by atoms with E-state index in [4.69, 9.17) is 4.74 Å². The van der Waals surface area contributed by atoms with Crippen LogP contribution >= 0.6 is 0 Å². The average molecular weight is 395 g/mol. The van der Waals surface area contributed by atoms with E-state index in [0.29, 0.717) is 31.4 Å². The van der Waals surface area contributed by atoms with Gasteiger partial charge in [-0.05, 0) is 37.5 Å². The molecule has 27 heavy (non-hydrogen) atoms. The molecule has 2 aromatic rings. The maximum Gasteiger partial charge on any atom is 0.242 e. The van der Waals surface area contributed by atoms with Crippen LogP contribution in [0.25, 0.3) is 11.0 Å². The third-order valence-electron chi connectivity index (χ3n) is 4.59. The van der Waals surface area contributed by atoms with E-state index in [-0.39, 0.29) is 16.9 Å². The molecule has 0 aliphatic carbocycles. The smallest absolute Gasteiger partial charge is 0.242 e. The largest absolute Gasteiger partial charge is 0.376 e. The van der Waals surface area contributed by atoms with E-state index in [1.54, 1.807) is 16.8 Å². The fraction of sp³-hybridized carbons (Fsp3) is 0.588. The van der Waals surface area contributed by atoms with Gasteiger partial charge in [0.05, 0.1) is 16.5 Å². The van der Waals surface area contributed by atoms with Crippen molar-refractivity contribution >= 4 is 27.0 Å². The summed E-state index contributed by atoms with van der Waals surface area (Å²) in [4.78, 5) is 12.1. The predicted molar refractivity (Wildman–Crippen MR) is 99.6 cm³/mol. The minimum absolute atomic E-state index is 0.00529. The summed E-state index contributed by atoms with van der Waals surface area (Å²) < 4.78 is 32.7. The highest BCUT2D eigenvalue weighted by Gasteiger charge is 2.19. The van der Waals surface area contributed by atoms with E-state index in [0.717, 1.165) is 29.3 Å². The number of aryl methyl sites for hydroxylation is 1. The molecule has 1 atom stereocenters.